The molecule has 0 spiro atoms. The Hall–Kier alpha value is -7.65. The molecule has 0 aliphatic heterocycles. The van der Waals surface area contributed by atoms with Gasteiger partial charge in [0, 0.05) is 16.7 Å². The number of hydrogen-bond donors (Lipinski definition) is 0. The third-order valence-corrected chi connectivity index (χ3v) is 9.79. The molecule has 56 heavy (non-hydrogen) atoms. The van der Waals surface area contributed by atoms with Crippen LogP contribution in [-0.2, 0) is 0 Å². The minimum Gasteiger partial charge on any atom is -0.292 e. The summed E-state index contributed by atoms with van der Waals surface area (Å²) < 4.78 is 34.9. The average molecular weight is 730 g/mol. The van der Waals surface area contributed by atoms with Crippen molar-refractivity contribution < 1.29 is 8.78 Å². The van der Waals surface area contributed by atoms with Crippen molar-refractivity contribution in [3.63, 3.8) is 0 Å². The van der Waals surface area contributed by atoms with E-state index in [0.717, 1.165) is 16.6 Å². The third-order valence-electron chi connectivity index (χ3n) is 9.79. The maximum Gasteiger partial charge on any atom is 0.166 e. The highest BCUT2D eigenvalue weighted by Crippen LogP contribution is 2.38. The monoisotopic (exact) mass is 729 g/mol. The Balaban J connectivity index is 1.24. The Morgan fingerprint density at radius 1 is 0.321 bits per heavy atom. The Kier molecular flexibility index (Phi) is 8.03. The zero-order valence-electron chi connectivity index (χ0n) is 29.6. The van der Waals surface area contributed by atoms with E-state index in [2.05, 4.69) is 0 Å². The van der Waals surface area contributed by atoms with Gasteiger partial charge in [0.1, 0.15) is 23.3 Å². The van der Waals surface area contributed by atoms with E-state index >= 15 is 8.78 Å². The van der Waals surface area contributed by atoms with Gasteiger partial charge in [0.15, 0.2) is 17.5 Å². The first-order valence-electron chi connectivity index (χ1n) is 18.1. The molecular weight excluding hydrogens is 701 g/mol. The Labute approximate surface area is 319 Å². The van der Waals surface area contributed by atoms with Crippen LogP contribution in [0.5, 0.6) is 0 Å². The predicted molar refractivity (Wildman–Crippen MR) is 216 cm³/mol. The molecule has 0 atom stereocenters. The zero-order valence-corrected chi connectivity index (χ0v) is 29.6. The van der Waals surface area contributed by atoms with Gasteiger partial charge in [-0.2, -0.15) is 0 Å². The molecule has 0 saturated heterocycles. The van der Waals surface area contributed by atoms with Gasteiger partial charge in [-0.1, -0.05) is 103 Å². The van der Waals surface area contributed by atoms with Crippen LogP contribution in [-0.4, -0.2) is 34.1 Å². The van der Waals surface area contributed by atoms with Gasteiger partial charge >= 0.3 is 0 Å². The molecule has 0 aliphatic carbocycles. The fourth-order valence-corrected chi connectivity index (χ4v) is 7.23. The van der Waals surface area contributed by atoms with Crippen LogP contribution in [0.2, 0.25) is 0 Å². The van der Waals surface area contributed by atoms with Gasteiger partial charge in [-0.3, -0.25) is 9.13 Å². The lowest BCUT2D eigenvalue weighted by Crippen LogP contribution is -2.06. The molecule has 3 aromatic heterocycles. The summed E-state index contributed by atoms with van der Waals surface area (Å²) in [7, 11) is 0. The van der Waals surface area contributed by atoms with Crippen molar-refractivity contribution >= 4 is 22.1 Å². The fraction of sp³-hybridized carbons (Fsp3) is 0. The molecule has 9 heteroatoms. The number of fused-ring (bicyclic) bond motifs is 2. The maximum atomic E-state index is 15.5. The Morgan fingerprint density at radius 2 is 0.696 bits per heavy atom. The van der Waals surface area contributed by atoms with E-state index < -0.39 is 0 Å². The van der Waals surface area contributed by atoms with Crippen LogP contribution < -0.4 is 0 Å². The van der Waals surface area contributed by atoms with Crippen LogP contribution >= 0.6 is 0 Å². The zero-order chi connectivity index (χ0) is 37.6. The first-order chi connectivity index (χ1) is 27.6. The molecule has 7 nitrogen and oxygen atoms in total. The lowest BCUT2D eigenvalue weighted by molar-refractivity contribution is 0.629. The van der Waals surface area contributed by atoms with E-state index in [1.54, 1.807) is 36.4 Å². The highest BCUT2D eigenvalue weighted by atomic mass is 19.1. The fourth-order valence-electron chi connectivity index (χ4n) is 7.23. The summed E-state index contributed by atoms with van der Waals surface area (Å²) in [5, 5.41) is 0. The molecule has 0 radical (unpaired) electrons. The smallest absolute Gasteiger partial charge is 0.166 e. The first kappa shape index (κ1) is 33.0. The topological polar surface area (TPSA) is 74.3 Å². The van der Waals surface area contributed by atoms with Crippen molar-refractivity contribution in [2.75, 3.05) is 0 Å². The molecule has 0 unspecified atom stereocenters. The van der Waals surface area contributed by atoms with Crippen molar-refractivity contribution in [3.8, 4) is 68.3 Å². The summed E-state index contributed by atoms with van der Waals surface area (Å²) in [5.74, 6) is 1.41. The van der Waals surface area contributed by atoms with E-state index in [4.69, 9.17) is 24.9 Å². The summed E-state index contributed by atoms with van der Waals surface area (Å²) in [6.07, 6.45) is 0. The standard InChI is InChI=1S/C47H29F2N7/c48-35-22-8-4-18-31(35)46-50-37-24-10-14-28-41(37)55(46)39-26-12-6-20-33(39)44-52-43(30-16-2-1-3-17-30)53-45(54-44)34-21-7-13-27-40(34)56-42-29-15-11-25-38(42)51-47(56)32-19-5-9-23-36(32)49/h1-29H. The molecule has 0 amide bonds. The minimum absolute atomic E-state index is 0.368. The predicted octanol–water partition coefficient (Wildman–Crippen LogP) is 11.2. The van der Waals surface area contributed by atoms with Crippen molar-refractivity contribution in [2.24, 2.45) is 0 Å². The largest absolute Gasteiger partial charge is 0.292 e. The summed E-state index contributed by atoms with van der Waals surface area (Å²) >= 11 is 0. The quantitative estimate of drug-likeness (QED) is 0.163. The SMILES string of the molecule is Fc1ccccc1-c1nc2ccccc2n1-c1ccccc1-c1nc(-c2ccccc2)nc(-c2ccccc2-n2c(-c3ccccc3F)nc3ccccc32)n1. The minimum atomic E-state index is -0.381. The lowest BCUT2D eigenvalue weighted by Gasteiger charge is -2.17. The van der Waals surface area contributed by atoms with Gasteiger partial charge in [0.2, 0.25) is 0 Å². The molecule has 10 aromatic rings. The van der Waals surface area contributed by atoms with Crippen LogP contribution in [0.3, 0.4) is 0 Å². The van der Waals surface area contributed by atoms with Crippen molar-refractivity contribution in [3.05, 3.63) is 188 Å². The van der Waals surface area contributed by atoms with Gasteiger partial charge < -0.3 is 0 Å². The van der Waals surface area contributed by atoms with Gasteiger partial charge in [-0.25, -0.2) is 33.7 Å². The highest BCUT2D eigenvalue weighted by Gasteiger charge is 2.24. The number of rotatable bonds is 7. The number of aromatic nitrogens is 7. The van der Waals surface area contributed by atoms with Crippen LogP contribution in [0.25, 0.3) is 90.4 Å². The molecule has 3 heterocycles. The van der Waals surface area contributed by atoms with Crippen LogP contribution in [0, 0.1) is 11.6 Å². The second-order valence-corrected chi connectivity index (χ2v) is 13.2. The summed E-state index contributed by atoms with van der Waals surface area (Å²) in [6.45, 7) is 0. The lowest BCUT2D eigenvalue weighted by atomic mass is 10.1. The van der Waals surface area contributed by atoms with E-state index in [1.807, 2.05) is 137 Å². The van der Waals surface area contributed by atoms with E-state index in [1.165, 1.54) is 12.1 Å². The average Bonchev–Trinajstić information content (AvgIpc) is 3.83. The molecule has 0 bridgehead atoms. The molecule has 0 fully saturated rings. The molecule has 0 saturated carbocycles. The van der Waals surface area contributed by atoms with E-state index in [9.17, 15) is 0 Å². The van der Waals surface area contributed by atoms with Gasteiger partial charge in [-0.15, -0.1) is 0 Å². The summed E-state index contributed by atoms with van der Waals surface area (Å²) in [4.78, 5) is 25.2. The normalized spacial score (nSPS) is 11.4. The Bertz CT molecular complexity index is 2890. The number of imidazole rings is 2. The van der Waals surface area contributed by atoms with E-state index in [-0.39, 0.29) is 11.6 Å². The van der Waals surface area contributed by atoms with Crippen molar-refractivity contribution in [1.82, 2.24) is 34.1 Å². The van der Waals surface area contributed by atoms with Crippen LogP contribution in [0.4, 0.5) is 8.78 Å². The van der Waals surface area contributed by atoms with Gasteiger partial charge in [0.05, 0.1) is 44.6 Å². The first-order valence-corrected chi connectivity index (χ1v) is 18.1. The summed E-state index contributed by atoms with van der Waals surface area (Å²) in [5.41, 5.74) is 7.37. The van der Waals surface area contributed by atoms with Crippen LogP contribution in [0.1, 0.15) is 0 Å². The number of benzene rings is 7. The number of nitrogens with zero attached hydrogens (tertiary/aromatic N) is 7. The Morgan fingerprint density at radius 3 is 1.18 bits per heavy atom. The number of halogens is 2. The maximum absolute atomic E-state index is 15.5. The van der Waals surface area contributed by atoms with Crippen LogP contribution in [0.15, 0.2) is 176 Å². The van der Waals surface area contributed by atoms with Gasteiger partial charge in [-0.05, 0) is 72.8 Å². The third kappa shape index (κ3) is 5.61. The molecule has 0 N–H and O–H groups in total. The molecular formula is C47H29F2N7. The highest BCUT2D eigenvalue weighted by molar-refractivity contribution is 5.88. The number of hydrogen-bond acceptors (Lipinski definition) is 5. The molecule has 0 aliphatic rings. The van der Waals surface area contributed by atoms with E-state index in [0.29, 0.717) is 73.8 Å². The molecule has 266 valence electrons. The molecule has 7 aromatic carbocycles. The van der Waals surface area contributed by atoms with Crippen molar-refractivity contribution in [1.29, 1.82) is 0 Å². The van der Waals surface area contributed by atoms with Crippen molar-refractivity contribution in [2.45, 2.75) is 0 Å². The number of para-hydroxylation sites is 6. The van der Waals surface area contributed by atoms with Gasteiger partial charge in [0.25, 0.3) is 0 Å². The second kappa shape index (κ2) is 13.6. The second-order valence-electron chi connectivity index (χ2n) is 13.2. The molecule has 10 rings (SSSR count). The summed E-state index contributed by atoms with van der Waals surface area (Å²) in [6, 6.07) is 54.1.